The molecule has 2 aromatic rings. The molecule has 2 rings (SSSR count). The van der Waals surface area contributed by atoms with Crippen LogP contribution in [-0.2, 0) is 11.3 Å². The molecule has 0 aromatic heterocycles. The Bertz CT molecular complexity index is 827. The lowest BCUT2D eigenvalue weighted by Gasteiger charge is -2.08. The van der Waals surface area contributed by atoms with Gasteiger partial charge in [-0.3, -0.25) is 4.79 Å². The fourth-order valence-electron chi connectivity index (χ4n) is 1.95. The number of rotatable bonds is 5. The summed E-state index contributed by atoms with van der Waals surface area (Å²) in [4.78, 5) is 12.1. The van der Waals surface area contributed by atoms with E-state index in [4.69, 9.17) is 11.6 Å². The monoisotopic (exact) mass is 403 g/mol. The second-order valence-electron chi connectivity index (χ2n) is 5.07. The SMILES string of the molecule is Cc1ccc(N/C=C(/C#N)C(=O)NCc2ccccc2Cl)c(Br)c1. The summed E-state index contributed by atoms with van der Waals surface area (Å²) in [7, 11) is 0. The number of benzene rings is 2. The summed E-state index contributed by atoms with van der Waals surface area (Å²) in [6, 6.07) is 14.9. The predicted octanol–water partition coefficient (Wildman–Crippen LogP) is 4.55. The number of carbonyl (C=O) groups excluding carboxylic acids is 1. The van der Waals surface area contributed by atoms with Crippen molar-refractivity contribution in [1.29, 1.82) is 5.26 Å². The largest absolute Gasteiger partial charge is 0.359 e. The summed E-state index contributed by atoms with van der Waals surface area (Å²) in [5.74, 6) is -0.465. The van der Waals surface area contributed by atoms with Crippen molar-refractivity contribution in [3.05, 3.63) is 74.9 Å². The molecule has 0 bridgehead atoms. The van der Waals surface area contributed by atoms with Crippen LogP contribution < -0.4 is 10.6 Å². The molecule has 0 saturated carbocycles. The smallest absolute Gasteiger partial charge is 0.263 e. The van der Waals surface area contributed by atoms with Gasteiger partial charge in [-0.05, 0) is 52.2 Å². The van der Waals surface area contributed by atoms with Gasteiger partial charge in [0.15, 0.2) is 0 Å². The van der Waals surface area contributed by atoms with Gasteiger partial charge in [-0.1, -0.05) is 35.9 Å². The van der Waals surface area contributed by atoms with Crippen molar-refractivity contribution in [3.8, 4) is 6.07 Å². The van der Waals surface area contributed by atoms with E-state index >= 15 is 0 Å². The maximum Gasteiger partial charge on any atom is 0.263 e. The molecular formula is C18H15BrClN3O. The zero-order chi connectivity index (χ0) is 17.5. The van der Waals surface area contributed by atoms with E-state index in [1.54, 1.807) is 6.07 Å². The first-order valence-electron chi connectivity index (χ1n) is 7.16. The molecule has 0 fully saturated rings. The molecule has 0 aliphatic heterocycles. The van der Waals surface area contributed by atoms with E-state index in [9.17, 15) is 10.1 Å². The van der Waals surface area contributed by atoms with Gasteiger partial charge in [-0.25, -0.2) is 0 Å². The Balaban J connectivity index is 2.03. The van der Waals surface area contributed by atoms with E-state index in [0.717, 1.165) is 21.3 Å². The molecule has 0 unspecified atom stereocenters. The van der Waals surface area contributed by atoms with E-state index in [1.165, 1.54) is 6.20 Å². The number of nitriles is 1. The Morgan fingerprint density at radius 3 is 2.75 bits per heavy atom. The standard InChI is InChI=1S/C18H15BrClN3O/c1-12-6-7-17(15(19)8-12)22-11-14(9-21)18(24)23-10-13-4-2-3-5-16(13)20/h2-8,11,22H,10H2,1H3,(H,23,24)/b14-11-. The molecular weight excluding hydrogens is 390 g/mol. The number of amides is 1. The first kappa shape index (κ1) is 18.1. The number of nitrogens with zero attached hydrogens (tertiary/aromatic N) is 1. The van der Waals surface area contributed by atoms with Gasteiger partial charge >= 0.3 is 0 Å². The lowest BCUT2D eigenvalue weighted by molar-refractivity contribution is -0.117. The number of nitrogens with one attached hydrogen (secondary N) is 2. The molecule has 1 amide bonds. The minimum absolute atomic E-state index is 0.0190. The number of hydrogen-bond donors (Lipinski definition) is 2. The first-order chi connectivity index (χ1) is 11.5. The maximum absolute atomic E-state index is 12.1. The van der Waals surface area contributed by atoms with Gasteiger partial charge in [0.05, 0.1) is 5.69 Å². The van der Waals surface area contributed by atoms with Crippen LogP contribution in [-0.4, -0.2) is 5.91 Å². The van der Waals surface area contributed by atoms with Gasteiger partial charge in [0.25, 0.3) is 5.91 Å². The Morgan fingerprint density at radius 2 is 2.08 bits per heavy atom. The van der Waals surface area contributed by atoms with Gasteiger partial charge in [-0.15, -0.1) is 0 Å². The quantitative estimate of drug-likeness (QED) is 0.568. The molecule has 0 aliphatic rings. The minimum Gasteiger partial charge on any atom is -0.359 e. The summed E-state index contributed by atoms with van der Waals surface area (Å²) >= 11 is 9.48. The van der Waals surface area contributed by atoms with E-state index in [2.05, 4.69) is 26.6 Å². The van der Waals surface area contributed by atoms with Gasteiger partial charge in [0, 0.05) is 22.2 Å². The lowest BCUT2D eigenvalue weighted by atomic mass is 10.2. The molecule has 0 aliphatic carbocycles. The number of anilines is 1. The number of hydrogen-bond acceptors (Lipinski definition) is 3. The second-order valence-corrected chi connectivity index (χ2v) is 6.33. The molecule has 0 saturated heterocycles. The Hall–Kier alpha value is -2.29. The second kappa shape index (κ2) is 8.53. The summed E-state index contributed by atoms with van der Waals surface area (Å²) in [6.45, 7) is 2.24. The number of carbonyl (C=O) groups is 1. The van der Waals surface area contributed by atoms with Crippen LogP contribution in [0.2, 0.25) is 5.02 Å². The Morgan fingerprint density at radius 1 is 1.33 bits per heavy atom. The Kier molecular flexibility index (Phi) is 6.42. The normalized spacial score (nSPS) is 10.8. The van der Waals surface area contributed by atoms with Crippen LogP contribution in [0.5, 0.6) is 0 Å². The minimum atomic E-state index is -0.465. The van der Waals surface area contributed by atoms with Crippen LogP contribution in [0.4, 0.5) is 5.69 Å². The van der Waals surface area contributed by atoms with Crippen LogP contribution in [0.15, 0.2) is 58.7 Å². The number of aryl methyl sites for hydroxylation is 1. The predicted molar refractivity (Wildman–Crippen MR) is 99.5 cm³/mol. The number of halogens is 2. The third-order valence-corrected chi connectivity index (χ3v) is 4.28. The average Bonchev–Trinajstić information content (AvgIpc) is 2.56. The van der Waals surface area contributed by atoms with Crippen LogP contribution in [0, 0.1) is 18.3 Å². The van der Waals surface area contributed by atoms with Crippen molar-refractivity contribution >= 4 is 39.1 Å². The van der Waals surface area contributed by atoms with Crippen LogP contribution in [0.25, 0.3) is 0 Å². The highest BCUT2D eigenvalue weighted by atomic mass is 79.9. The van der Waals surface area contributed by atoms with Gasteiger partial charge < -0.3 is 10.6 Å². The van der Waals surface area contributed by atoms with Crippen LogP contribution >= 0.6 is 27.5 Å². The van der Waals surface area contributed by atoms with E-state index < -0.39 is 5.91 Å². The molecule has 2 aromatic carbocycles. The zero-order valence-corrected chi connectivity index (χ0v) is 15.3. The third-order valence-electron chi connectivity index (χ3n) is 3.26. The summed E-state index contributed by atoms with van der Waals surface area (Å²) in [5.41, 5.74) is 2.65. The first-order valence-corrected chi connectivity index (χ1v) is 8.33. The molecule has 0 heterocycles. The molecule has 122 valence electrons. The maximum atomic E-state index is 12.1. The summed E-state index contributed by atoms with van der Waals surface area (Å²) in [5, 5.41) is 15.4. The van der Waals surface area contributed by atoms with Crippen molar-refractivity contribution < 1.29 is 4.79 Å². The highest BCUT2D eigenvalue weighted by molar-refractivity contribution is 9.10. The van der Waals surface area contributed by atoms with E-state index in [1.807, 2.05) is 49.4 Å². The highest BCUT2D eigenvalue weighted by Crippen LogP contribution is 2.23. The highest BCUT2D eigenvalue weighted by Gasteiger charge is 2.10. The molecule has 0 spiro atoms. The van der Waals surface area contributed by atoms with Crippen molar-refractivity contribution in [3.63, 3.8) is 0 Å². The van der Waals surface area contributed by atoms with Gasteiger partial charge in [0.1, 0.15) is 11.6 Å². The molecule has 2 N–H and O–H groups in total. The third kappa shape index (κ3) is 4.85. The average molecular weight is 405 g/mol. The lowest BCUT2D eigenvalue weighted by Crippen LogP contribution is -2.24. The fourth-order valence-corrected chi connectivity index (χ4v) is 2.76. The van der Waals surface area contributed by atoms with Crippen molar-refractivity contribution in [2.75, 3.05) is 5.32 Å². The Labute approximate surface area is 154 Å². The topological polar surface area (TPSA) is 64.9 Å². The van der Waals surface area contributed by atoms with E-state index in [-0.39, 0.29) is 12.1 Å². The molecule has 24 heavy (non-hydrogen) atoms. The molecule has 0 atom stereocenters. The summed E-state index contributed by atoms with van der Waals surface area (Å²) < 4.78 is 0.854. The fraction of sp³-hybridized carbons (Fsp3) is 0.111. The van der Waals surface area contributed by atoms with Crippen molar-refractivity contribution in [1.82, 2.24) is 5.32 Å². The summed E-state index contributed by atoms with van der Waals surface area (Å²) in [6.07, 6.45) is 1.39. The van der Waals surface area contributed by atoms with Crippen LogP contribution in [0.3, 0.4) is 0 Å². The van der Waals surface area contributed by atoms with E-state index in [0.29, 0.717) is 5.02 Å². The van der Waals surface area contributed by atoms with Gasteiger partial charge in [0.2, 0.25) is 0 Å². The zero-order valence-electron chi connectivity index (χ0n) is 12.9. The van der Waals surface area contributed by atoms with Crippen molar-refractivity contribution in [2.45, 2.75) is 13.5 Å². The van der Waals surface area contributed by atoms with Crippen molar-refractivity contribution in [2.24, 2.45) is 0 Å². The molecule has 4 nitrogen and oxygen atoms in total. The molecule has 0 radical (unpaired) electrons. The van der Waals surface area contributed by atoms with Gasteiger partial charge in [-0.2, -0.15) is 5.26 Å². The molecule has 6 heteroatoms. The van der Waals surface area contributed by atoms with Crippen LogP contribution in [0.1, 0.15) is 11.1 Å².